The van der Waals surface area contributed by atoms with E-state index in [9.17, 15) is 18.0 Å². The lowest BCUT2D eigenvalue weighted by atomic mass is 10.2. The summed E-state index contributed by atoms with van der Waals surface area (Å²) in [6.07, 6.45) is 1.68. The van der Waals surface area contributed by atoms with Crippen molar-refractivity contribution in [2.24, 2.45) is 7.05 Å². The van der Waals surface area contributed by atoms with Crippen molar-refractivity contribution in [1.82, 2.24) is 8.87 Å². The van der Waals surface area contributed by atoms with Gasteiger partial charge in [0, 0.05) is 13.2 Å². The highest BCUT2D eigenvalue weighted by Gasteiger charge is 2.41. The number of hydrogen-bond donors (Lipinski definition) is 0. The Balaban J connectivity index is 1.97. The topological polar surface area (TPSA) is 76.5 Å². The molecule has 0 atom stereocenters. The highest BCUT2D eigenvalue weighted by atomic mass is 32.2. The lowest BCUT2D eigenvalue weighted by Gasteiger charge is -2.14. The zero-order valence-electron chi connectivity index (χ0n) is 11.2. The van der Waals surface area contributed by atoms with Crippen molar-refractivity contribution in [3.63, 3.8) is 0 Å². The first kappa shape index (κ1) is 13.6. The molecule has 6 nitrogen and oxygen atoms in total. The fourth-order valence-corrected chi connectivity index (χ4v) is 3.87. The largest absolute Gasteiger partial charge is 0.348 e. The SMILES string of the molecule is Cn1cccc1C(=O)CN1C(=O)c2ccccc2S1(=O)=O. The lowest BCUT2D eigenvalue weighted by molar-refractivity contribution is 0.0818. The molecule has 1 aromatic carbocycles. The van der Waals surface area contributed by atoms with E-state index in [0.29, 0.717) is 10.00 Å². The smallest absolute Gasteiger partial charge is 0.269 e. The number of carbonyl (C=O) groups excluding carboxylic acids is 2. The summed E-state index contributed by atoms with van der Waals surface area (Å²) < 4.78 is 26.9. The summed E-state index contributed by atoms with van der Waals surface area (Å²) in [5, 5.41) is 0. The number of Topliss-reactive ketones (excluding diaryl/α,β-unsaturated/α-hetero) is 1. The van der Waals surface area contributed by atoms with E-state index in [1.165, 1.54) is 12.1 Å². The number of benzene rings is 1. The number of aryl methyl sites for hydroxylation is 1. The minimum atomic E-state index is -3.94. The van der Waals surface area contributed by atoms with Gasteiger partial charge < -0.3 is 4.57 Å². The van der Waals surface area contributed by atoms with Gasteiger partial charge in [0.1, 0.15) is 11.4 Å². The maximum Gasteiger partial charge on any atom is 0.269 e. The third-order valence-corrected chi connectivity index (χ3v) is 5.22. The molecule has 1 aliphatic heterocycles. The van der Waals surface area contributed by atoms with Crippen molar-refractivity contribution in [2.45, 2.75) is 4.90 Å². The van der Waals surface area contributed by atoms with Crippen LogP contribution in [0.5, 0.6) is 0 Å². The molecule has 2 heterocycles. The summed E-state index contributed by atoms with van der Waals surface area (Å²) in [4.78, 5) is 24.3. The fourth-order valence-electron chi connectivity index (χ4n) is 2.35. The second kappa shape index (κ2) is 4.56. The molecular formula is C14H12N2O4S. The molecule has 1 aliphatic rings. The Bertz CT molecular complexity index is 851. The van der Waals surface area contributed by atoms with E-state index in [2.05, 4.69) is 0 Å². The molecule has 0 N–H and O–H groups in total. The monoisotopic (exact) mass is 304 g/mol. The van der Waals surface area contributed by atoms with Crippen molar-refractivity contribution >= 4 is 21.7 Å². The van der Waals surface area contributed by atoms with Gasteiger partial charge in [0.05, 0.1) is 11.3 Å². The van der Waals surface area contributed by atoms with E-state index in [-0.39, 0.29) is 10.5 Å². The molecule has 0 radical (unpaired) electrons. The minimum Gasteiger partial charge on any atom is -0.348 e. The van der Waals surface area contributed by atoms with Gasteiger partial charge >= 0.3 is 0 Å². The third kappa shape index (κ3) is 1.97. The molecule has 0 fully saturated rings. The van der Waals surface area contributed by atoms with Gasteiger partial charge in [-0.25, -0.2) is 12.7 Å². The average molecular weight is 304 g/mol. The standard InChI is InChI=1S/C14H12N2O4S/c1-15-8-4-6-11(15)12(17)9-16-14(18)10-5-2-3-7-13(10)21(16,19)20/h2-8H,9H2,1H3. The molecule has 7 heteroatoms. The van der Waals surface area contributed by atoms with Crippen LogP contribution in [0.15, 0.2) is 47.5 Å². The molecule has 108 valence electrons. The average Bonchev–Trinajstić information content (AvgIpc) is 2.96. The molecule has 0 bridgehead atoms. The maximum atomic E-state index is 12.3. The highest BCUT2D eigenvalue weighted by molar-refractivity contribution is 7.90. The summed E-state index contributed by atoms with van der Waals surface area (Å²) in [5.74, 6) is -1.08. The minimum absolute atomic E-state index is 0.0466. The summed E-state index contributed by atoms with van der Waals surface area (Å²) in [6, 6.07) is 9.23. The Labute approximate surface area is 121 Å². The van der Waals surface area contributed by atoms with Crippen molar-refractivity contribution in [2.75, 3.05) is 6.54 Å². The van der Waals surface area contributed by atoms with E-state index in [0.717, 1.165) is 0 Å². The van der Waals surface area contributed by atoms with Crippen LogP contribution >= 0.6 is 0 Å². The second-order valence-electron chi connectivity index (χ2n) is 4.74. The Hall–Kier alpha value is -2.41. The first-order valence-electron chi connectivity index (χ1n) is 6.23. The van der Waals surface area contributed by atoms with Crippen LogP contribution in [0.3, 0.4) is 0 Å². The van der Waals surface area contributed by atoms with Crippen LogP contribution < -0.4 is 0 Å². The number of ketones is 1. The summed E-state index contributed by atoms with van der Waals surface area (Å²) in [6.45, 7) is -0.492. The van der Waals surface area contributed by atoms with Gasteiger partial charge in [0.15, 0.2) is 5.78 Å². The number of fused-ring (bicyclic) bond motifs is 1. The number of rotatable bonds is 3. The number of aromatic nitrogens is 1. The molecule has 0 saturated heterocycles. The van der Waals surface area contributed by atoms with Crippen LogP contribution in [0, 0.1) is 0 Å². The summed E-state index contributed by atoms with van der Waals surface area (Å²) in [7, 11) is -2.26. The Morgan fingerprint density at radius 3 is 2.48 bits per heavy atom. The highest BCUT2D eigenvalue weighted by Crippen LogP contribution is 2.29. The number of sulfonamides is 1. The van der Waals surface area contributed by atoms with Gasteiger partial charge in [0.25, 0.3) is 15.9 Å². The van der Waals surface area contributed by atoms with Crippen LogP contribution in [-0.4, -0.2) is 35.5 Å². The van der Waals surface area contributed by atoms with Gasteiger partial charge in [0.2, 0.25) is 0 Å². The molecule has 21 heavy (non-hydrogen) atoms. The van der Waals surface area contributed by atoms with Crippen LogP contribution in [0.25, 0.3) is 0 Å². The number of nitrogens with zero attached hydrogens (tertiary/aromatic N) is 2. The molecule has 0 aliphatic carbocycles. The lowest BCUT2D eigenvalue weighted by Crippen LogP contribution is -2.35. The predicted molar refractivity (Wildman–Crippen MR) is 74.4 cm³/mol. The zero-order valence-corrected chi connectivity index (χ0v) is 12.0. The quantitative estimate of drug-likeness (QED) is 0.794. The zero-order chi connectivity index (χ0) is 15.2. The molecule has 3 rings (SSSR count). The van der Waals surface area contributed by atoms with Gasteiger partial charge in [-0.05, 0) is 24.3 Å². The molecule has 0 unspecified atom stereocenters. The fraction of sp³-hybridized carbons (Fsp3) is 0.143. The van der Waals surface area contributed by atoms with Crippen LogP contribution in [-0.2, 0) is 17.1 Å². The van der Waals surface area contributed by atoms with Crippen molar-refractivity contribution in [1.29, 1.82) is 0 Å². The predicted octanol–water partition coefficient (Wildman–Crippen LogP) is 1.05. The van der Waals surface area contributed by atoms with Crippen LogP contribution in [0.2, 0.25) is 0 Å². The van der Waals surface area contributed by atoms with Gasteiger partial charge in [-0.2, -0.15) is 0 Å². The normalized spacial score (nSPS) is 16.0. The van der Waals surface area contributed by atoms with E-state index >= 15 is 0 Å². The summed E-state index contributed by atoms with van der Waals surface area (Å²) in [5.41, 5.74) is 0.464. The van der Waals surface area contributed by atoms with Gasteiger partial charge in [-0.3, -0.25) is 9.59 Å². The van der Waals surface area contributed by atoms with E-state index in [4.69, 9.17) is 0 Å². The molecular weight excluding hydrogens is 292 g/mol. The van der Waals surface area contributed by atoms with Crippen molar-refractivity contribution in [3.05, 3.63) is 53.9 Å². The first-order chi connectivity index (χ1) is 9.93. The Morgan fingerprint density at radius 2 is 1.86 bits per heavy atom. The number of carbonyl (C=O) groups is 2. The maximum absolute atomic E-state index is 12.3. The van der Waals surface area contributed by atoms with Crippen molar-refractivity contribution < 1.29 is 18.0 Å². The van der Waals surface area contributed by atoms with Gasteiger partial charge in [-0.15, -0.1) is 0 Å². The van der Waals surface area contributed by atoms with Crippen LogP contribution in [0.1, 0.15) is 20.8 Å². The molecule has 0 saturated carbocycles. The Kier molecular flexibility index (Phi) is 2.94. The third-order valence-electron chi connectivity index (χ3n) is 3.43. The van der Waals surface area contributed by atoms with E-state index < -0.39 is 28.3 Å². The molecule has 2 aromatic rings. The summed E-state index contributed by atoms with van der Waals surface area (Å²) >= 11 is 0. The Morgan fingerprint density at radius 1 is 1.14 bits per heavy atom. The van der Waals surface area contributed by atoms with E-state index in [1.54, 1.807) is 42.1 Å². The van der Waals surface area contributed by atoms with Crippen LogP contribution in [0.4, 0.5) is 0 Å². The molecule has 0 spiro atoms. The molecule has 1 aromatic heterocycles. The number of hydrogen-bond acceptors (Lipinski definition) is 4. The van der Waals surface area contributed by atoms with E-state index in [1.807, 2.05) is 0 Å². The second-order valence-corrected chi connectivity index (χ2v) is 6.57. The van der Waals surface area contributed by atoms with Gasteiger partial charge in [-0.1, -0.05) is 12.1 Å². The first-order valence-corrected chi connectivity index (χ1v) is 7.67. The van der Waals surface area contributed by atoms with Crippen molar-refractivity contribution in [3.8, 4) is 0 Å². The number of amides is 1. The molecule has 1 amide bonds.